The first-order chi connectivity index (χ1) is 20.0. The molecule has 13 heteroatoms. The molecule has 0 spiro atoms. The molecular formula is C29H27F3N4O4S2. The van der Waals surface area contributed by atoms with Crippen LogP contribution in [0.3, 0.4) is 0 Å². The maximum atomic E-state index is 13.0. The number of allylic oxidation sites excluding steroid dienone is 1. The van der Waals surface area contributed by atoms with Gasteiger partial charge in [-0.25, -0.2) is 4.79 Å². The smallest absolute Gasteiger partial charge is 0.416 e. The number of halogens is 3. The van der Waals surface area contributed by atoms with Crippen LogP contribution in [0.2, 0.25) is 0 Å². The number of amides is 1. The number of alkyl halides is 3. The van der Waals surface area contributed by atoms with Crippen molar-refractivity contribution in [1.29, 1.82) is 0 Å². The van der Waals surface area contributed by atoms with Crippen LogP contribution in [0.5, 0.6) is 5.75 Å². The Balaban J connectivity index is 1.46. The van der Waals surface area contributed by atoms with E-state index in [0.717, 1.165) is 40.6 Å². The van der Waals surface area contributed by atoms with Gasteiger partial charge in [0.15, 0.2) is 11.0 Å². The van der Waals surface area contributed by atoms with Crippen molar-refractivity contribution in [3.05, 3.63) is 88.6 Å². The summed E-state index contributed by atoms with van der Waals surface area (Å²) < 4.78 is 51.3. The number of thiophene rings is 1. The molecule has 1 N–H and O–H groups in total. The van der Waals surface area contributed by atoms with E-state index in [1.165, 1.54) is 30.6 Å². The van der Waals surface area contributed by atoms with Crippen molar-refractivity contribution in [1.82, 2.24) is 14.8 Å². The second-order valence-corrected chi connectivity index (χ2v) is 10.9. The van der Waals surface area contributed by atoms with E-state index in [4.69, 9.17) is 9.47 Å². The van der Waals surface area contributed by atoms with Gasteiger partial charge in [-0.15, -0.1) is 28.1 Å². The van der Waals surface area contributed by atoms with Crippen molar-refractivity contribution in [2.45, 2.75) is 38.3 Å². The zero-order valence-corrected chi connectivity index (χ0v) is 24.6. The number of hydrogen-bond acceptors (Lipinski definition) is 8. The van der Waals surface area contributed by atoms with Gasteiger partial charge in [-0.2, -0.15) is 13.2 Å². The number of ether oxygens (including phenoxy) is 2. The van der Waals surface area contributed by atoms with Gasteiger partial charge in [0, 0.05) is 17.5 Å². The Kier molecular flexibility index (Phi) is 9.74. The molecular weight excluding hydrogens is 589 g/mol. The molecule has 0 bridgehead atoms. The fourth-order valence-corrected chi connectivity index (χ4v) is 5.76. The fourth-order valence-electron chi connectivity index (χ4n) is 4.03. The number of aryl methyl sites for hydroxylation is 2. The Hall–Kier alpha value is -4.10. The average molecular weight is 617 g/mol. The molecule has 4 aromatic rings. The van der Waals surface area contributed by atoms with Crippen molar-refractivity contribution in [3.8, 4) is 16.9 Å². The first-order valence-corrected chi connectivity index (χ1v) is 14.4. The van der Waals surface area contributed by atoms with Gasteiger partial charge in [-0.3, -0.25) is 9.36 Å². The van der Waals surface area contributed by atoms with E-state index in [2.05, 4.69) is 22.1 Å². The lowest BCUT2D eigenvalue weighted by atomic mass is 9.97. The highest BCUT2D eigenvalue weighted by molar-refractivity contribution is 7.99. The molecule has 0 radical (unpaired) electrons. The minimum atomic E-state index is -4.49. The van der Waals surface area contributed by atoms with Crippen molar-refractivity contribution in [2.24, 2.45) is 0 Å². The van der Waals surface area contributed by atoms with Crippen LogP contribution < -0.4 is 10.1 Å². The number of rotatable bonds is 11. The molecule has 1 amide bonds. The largest absolute Gasteiger partial charge is 0.486 e. The number of esters is 1. The number of anilines is 1. The quantitative estimate of drug-likeness (QED) is 0.111. The summed E-state index contributed by atoms with van der Waals surface area (Å²) in [6.07, 6.45) is -2.89. The van der Waals surface area contributed by atoms with Gasteiger partial charge >= 0.3 is 12.1 Å². The first-order valence-electron chi connectivity index (χ1n) is 12.5. The summed E-state index contributed by atoms with van der Waals surface area (Å²) in [4.78, 5) is 25.7. The lowest BCUT2D eigenvalue weighted by Gasteiger charge is -2.11. The van der Waals surface area contributed by atoms with Gasteiger partial charge in [-0.05, 0) is 43.2 Å². The van der Waals surface area contributed by atoms with Crippen molar-refractivity contribution >= 4 is 40.0 Å². The molecule has 0 atom stereocenters. The monoisotopic (exact) mass is 616 g/mol. The average Bonchev–Trinajstić information content (AvgIpc) is 3.55. The summed E-state index contributed by atoms with van der Waals surface area (Å²) in [5.74, 6) is -0.620. The molecule has 2 aromatic heterocycles. The number of nitrogens with one attached hydrogen (secondary N) is 1. The zero-order chi connectivity index (χ0) is 30.4. The number of carbonyl (C=O) groups is 2. The van der Waals surface area contributed by atoms with Gasteiger partial charge in [-0.1, -0.05) is 47.7 Å². The Morgan fingerprint density at radius 1 is 1.14 bits per heavy atom. The zero-order valence-electron chi connectivity index (χ0n) is 22.9. The Bertz CT molecular complexity index is 1610. The summed E-state index contributed by atoms with van der Waals surface area (Å²) >= 11 is 2.33. The number of benzene rings is 2. The SMILES string of the molecule is C=CCn1c(COc2cccc(C(F)(F)F)c2)nnc1SCC(=O)Nc1scc(-c2cc(C)ccc2C)c1C(=O)OC. The highest BCUT2D eigenvalue weighted by Gasteiger charge is 2.30. The molecule has 2 aromatic carbocycles. The van der Waals surface area contributed by atoms with Gasteiger partial charge < -0.3 is 14.8 Å². The van der Waals surface area contributed by atoms with E-state index < -0.39 is 17.7 Å². The number of carbonyl (C=O) groups excluding carboxylic acids is 2. The maximum absolute atomic E-state index is 13.0. The Labute approximate surface area is 248 Å². The van der Waals surface area contributed by atoms with Gasteiger partial charge in [0.05, 0.1) is 18.4 Å². The lowest BCUT2D eigenvalue weighted by Crippen LogP contribution is -2.16. The molecule has 4 rings (SSSR count). The van der Waals surface area contributed by atoms with Gasteiger partial charge in [0.1, 0.15) is 22.9 Å². The van der Waals surface area contributed by atoms with Crippen molar-refractivity contribution in [2.75, 3.05) is 18.2 Å². The normalized spacial score (nSPS) is 11.3. The van der Waals surface area contributed by atoms with E-state index in [1.807, 2.05) is 37.4 Å². The van der Waals surface area contributed by atoms with E-state index >= 15 is 0 Å². The number of hydrogen-bond donors (Lipinski definition) is 1. The third kappa shape index (κ3) is 7.21. The predicted molar refractivity (Wildman–Crippen MR) is 156 cm³/mol. The van der Waals surface area contributed by atoms with E-state index in [9.17, 15) is 22.8 Å². The molecule has 0 saturated heterocycles. The van der Waals surface area contributed by atoms with E-state index in [0.29, 0.717) is 21.5 Å². The van der Waals surface area contributed by atoms with Gasteiger partial charge in [0.25, 0.3) is 0 Å². The van der Waals surface area contributed by atoms with Crippen LogP contribution in [0.4, 0.5) is 18.2 Å². The standard InChI is InChI=1S/C29H27F3N4O4S2/c1-5-11-36-23(14-40-20-8-6-7-19(13-20)29(30,31)32)34-35-28(36)42-16-24(37)33-26-25(27(38)39-4)22(15-41-26)21-12-17(2)9-10-18(21)3/h5-10,12-13,15H,1,11,14,16H2,2-4H3,(H,33,37). The second-order valence-electron chi connectivity index (χ2n) is 9.11. The summed E-state index contributed by atoms with van der Waals surface area (Å²) in [5, 5.41) is 13.6. The highest BCUT2D eigenvalue weighted by Crippen LogP contribution is 2.38. The summed E-state index contributed by atoms with van der Waals surface area (Å²) in [6, 6.07) is 10.5. The number of nitrogens with zero attached hydrogens (tertiary/aromatic N) is 3. The third-order valence-electron chi connectivity index (χ3n) is 6.08. The predicted octanol–water partition coefficient (Wildman–Crippen LogP) is 6.92. The second kappa shape index (κ2) is 13.3. The molecule has 0 aliphatic carbocycles. The molecule has 0 fully saturated rings. The van der Waals surface area contributed by atoms with Crippen molar-refractivity contribution in [3.63, 3.8) is 0 Å². The number of aromatic nitrogens is 3. The first kappa shape index (κ1) is 30.8. The Morgan fingerprint density at radius 2 is 1.93 bits per heavy atom. The fraction of sp³-hybridized carbons (Fsp3) is 0.241. The third-order valence-corrected chi connectivity index (χ3v) is 7.95. The summed E-state index contributed by atoms with van der Waals surface area (Å²) in [7, 11) is 1.29. The minimum Gasteiger partial charge on any atom is -0.486 e. The van der Waals surface area contributed by atoms with Crippen LogP contribution >= 0.6 is 23.1 Å². The van der Waals surface area contributed by atoms with Crippen LogP contribution in [0.25, 0.3) is 11.1 Å². The molecule has 0 aliphatic heterocycles. The molecule has 0 unspecified atom stereocenters. The molecule has 2 heterocycles. The van der Waals surface area contributed by atoms with Crippen molar-refractivity contribution < 1.29 is 32.2 Å². The molecule has 220 valence electrons. The summed E-state index contributed by atoms with van der Waals surface area (Å²) in [6.45, 7) is 7.77. The molecule has 0 saturated carbocycles. The highest BCUT2D eigenvalue weighted by atomic mass is 32.2. The Morgan fingerprint density at radius 3 is 2.64 bits per heavy atom. The minimum absolute atomic E-state index is 0.0316. The topological polar surface area (TPSA) is 95.3 Å². The van der Waals surface area contributed by atoms with Crippen LogP contribution in [-0.4, -0.2) is 39.5 Å². The van der Waals surface area contributed by atoms with Crippen LogP contribution in [0.15, 0.2) is 65.7 Å². The molecule has 42 heavy (non-hydrogen) atoms. The van der Waals surface area contributed by atoms with Gasteiger partial charge in [0.2, 0.25) is 5.91 Å². The summed E-state index contributed by atoms with van der Waals surface area (Å²) in [5.41, 5.74) is 3.01. The molecule has 0 aliphatic rings. The lowest BCUT2D eigenvalue weighted by molar-refractivity contribution is -0.137. The van der Waals surface area contributed by atoms with Crippen LogP contribution in [0, 0.1) is 13.8 Å². The number of methoxy groups -OCH3 is 1. The molecule has 8 nitrogen and oxygen atoms in total. The van der Waals surface area contributed by atoms with Crippen LogP contribution in [0.1, 0.15) is 32.9 Å². The van der Waals surface area contributed by atoms with Crippen LogP contribution in [-0.2, 0) is 28.9 Å². The van der Waals surface area contributed by atoms with E-state index in [1.54, 1.807) is 10.6 Å². The van der Waals surface area contributed by atoms with E-state index in [-0.39, 0.29) is 36.1 Å². The number of thioether (sulfide) groups is 1. The maximum Gasteiger partial charge on any atom is 0.416 e.